The summed E-state index contributed by atoms with van der Waals surface area (Å²) >= 11 is 0. The van der Waals surface area contributed by atoms with Gasteiger partial charge in [0.2, 0.25) is 0 Å². The van der Waals surface area contributed by atoms with Crippen LogP contribution in [-0.4, -0.2) is 24.9 Å². The van der Waals surface area contributed by atoms with E-state index in [0.717, 1.165) is 17.7 Å². The predicted octanol–water partition coefficient (Wildman–Crippen LogP) is 1.88. The van der Waals surface area contributed by atoms with Crippen LogP contribution >= 0.6 is 0 Å². The Morgan fingerprint density at radius 3 is 2.81 bits per heavy atom. The van der Waals surface area contributed by atoms with Gasteiger partial charge in [-0.05, 0) is 25.0 Å². The molecule has 16 heavy (non-hydrogen) atoms. The molecular formula is C13H19NO2. The molecule has 3 heteroatoms. The molecule has 0 saturated carbocycles. The lowest BCUT2D eigenvalue weighted by molar-refractivity contribution is 0.0903. The number of para-hydroxylation sites is 1. The molecule has 88 valence electrons. The monoisotopic (exact) mass is 221 g/mol. The molecule has 3 unspecified atom stereocenters. The van der Waals surface area contributed by atoms with Gasteiger partial charge in [-0.1, -0.05) is 25.1 Å². The summed E-state index contributed by atoms with van der Waals surface area (Å²) in [6.45, 7) is 4.71. The lowest BCUT2D eigenvalue weighted by Gasteiger charge is -2.19. The molecule has 1 saturated heterocycles. The van der Waals surface area contributed by atoms with E-state index in [0.29, 0.717) is 6.61 Å². The Labute approximate surface area is 96.5 Å². The molecule has 1 heterocycles. The third kappa shape index (κ3) is 2.20. The minimum absolute atomic E-state index is 0.0222. The Kier molecular flexibility index (Phi) is 3.46. The van der Waals surface area contributed by atoms with Crippen molar-refractivity contribution in [3.05, 3.63) is 29.8 Å². The van der Waals surface area contributed by atoms with Crippen LogP contribution in [0.1, 0.15) is 18.9 Å². The van der Waals surface area contributed by atoms with Gasteiger partial charge in [-0.2, -0.15) is 0 Å². The smallest absolute Gasteiger partial charge is 0.139 e. The summed E-state index contributed by atoms with van der Waals surface area (Å²) in [5.41, 5.74) is 7.22. The van der Waals surface area contributed by atoms with Crippen molar-refractivity contribution in [1.82, 2.24) is 0 Å². The maximum atomic E-state index is 6.08. The average Bonchev–Trinajstić information content (AvgIpc) is 2.63. The van der Waals surface area contributed by atoms with Crippen molar-refractivity contribution in [3.63, 3.8) is 0 Å². The van der Waals surface area contributed by atoms with Gasteiger partial charge in [0.1, 0.15) is 11.9 Å². The van der Waals surface area contributed by atoms with E-state index in [1.165, 1.54) is 0 Å². The van der Waals surface area contributed by atoms with Gasteiger partial charge in [0.05, 0.1) is 18.8 Å². The van der Waals surface area contributed by atoms with Crippen LogP contribution in [0, 0.1) is 6.92 Å². The third-order valence-corrected chi connectivity index (χ3v) is 3.11. The van der Waals surface area contributed by atoms with Gasteiger partial charge in [0.25, 0.3) is 0 Å². The Morgan fingerprint density at radius 1 is 1.44 bits per heavy atom. The molecule has 0 aromatic heterocycles. The highest BCUT2D eigenvalue weighted by atomic mass is 16.6. The van der Waals surface area contributed by atoms with Crippen molar-refractivity contribution < 1.29 is 9.47 Å². The van der Waals surface area contributed by atoms with Crippen LogP contribution in [0.3, 0.4) is 0 Å². The molecule has 2 N–H and O–H groups in total. The summed E-state index contributed by atoms with van der Waals surface area (Å²) in [5, 5.41) is 0. The summed E-state index contributed by atoms with van der Waals surface area (Å²) in [6, 6.07) is 7.96. The summed E-state index contributed by atoms with van der Waals surface area (Å²) in [7, 11) is 0. The molecule has 1 aromatic rings. The Balaban J connectivity index is 2.04. The van der Waals surface area contributed by atoms with Crippen LogP contribution in [0.25, 0.3) is 0 Å². The number of hydrogen-bond donors (Lipinski definition) is 1. The topological polar surface area (TPSA) is 44.5 Å². The van der Waals surface area contributed by atoms with Crippen molar-refractivity contribution in [2.24, 2.45) is 5.73 Å². The zero-order valence-electron chi connectivity index (χ0n) is 9.85. The minimum atomic E-state index is -0.0235. The van der Waals surface area contributed by atoms with E-state index in [4.69, 9.17) is 15.2 Å². The molecule has 2 rings (SSSR count). The second-order valence-corrected chi connectivity index (χ2v) is 4.28. The maximum Gasteiger partial charge on any atom is 0.139 e. The first kappa shape index (κ1) is 11.4. The van der Waals surface area contributed by atoms with Gasteiger partial charge in [-0.15, -0.1) is 0 Å². The molecule has 0 radical (unpaired) electrons. The Morgan fingerprint density at radius 2 is 2.19 bits per heavy atom. The molecule has 0 bridgehead atoms. The first-order chi connectivity index (χ1) is 7.72. The van der Waals surface area contributed by atoms with Gasteiger partial charge in [-0.3, -0.25) is 0 Å². The second kappa shape index (κ2) is 4.85. The van der Waals surface area contributed by atoms with Crippen molar-refractivity contribution in [1.29, 1.82) is 0 Å². The van der Waals surface area contributed by atoms with E-state index >= 15 is 0 Å². The summed E-state index contributed by atoms with van der Waals surface area (Å²) in [6.07, 6.45) is 1.05. The van der Waals surface area contributed by atoms with Crippen LogP contribution in [0.15, 0.2) is 24.3 Å². The Hall–Kier alpha value is -1.06. The van der Waals surface area contributed by atoms with Crippen LogP contribution in [0.4, 0.5) is 0 Å². The number of nitrogens with two attached hydrogens (primary N) is 1. The number of rotatable bonds is 3. The standard InChI is InChI=1S/C13H19NO2/c1-3-10-13(14)12(8-15-10)16-11-7-5-4-6-9(11)2/h4-7,10,12-13H,3,8,14H2,1-2H3. The zero-order valence-corrected chi connectivity index (χ0v) is 9.85. The van der Waals surface area contributed by atoms with E-state index in [9.17, 15) is 0 Å². The number of aryl methyl sites for hydroxylation is 1. The maximum absolute atomic E-state index is 6.08. The normalized spacial score (nSPS) is 29.3. The SMILES string of the molecule is CCC1OCC(Oc2ccccc2C)C1N. The number of ether oxygens (including phenoxy) is 2. The summed E-state index contributed by atoms with van der Waals surface area (Å²) in [4.78, 5) is 0. The zero-order chi connectivity index (χ0) is 11.5. The molecule has 1 aliphatic heterocycles. The van der Waals surface area contributed by atoms with E-state index in [2.05, 4.69) is 6.92 Å². The molecule has 3 atom stereocenters. The molecule has 3 nitrogen and oxygen atoms in total. The number of hydrogen-bond acceptors (Lipinski definition) is 3. The predicted molar refractivity (Wildman–Crippen MR) is 63.6 cm³/mol. The van der Waals surface area contributed by atoms with Crippen LogP contribution < -0.4 is 10.5 Å². The van der Waals surface area contributed by atoms with Crippen molar-refractivity contribution in [3.8, 4) is 5.75 Å². The summed E-state index contributed by atoms with van der Waals surface area (Å²) in [5.74, 6) is 0.906. The molecule has 0 aliphatic carbocycles. The van der Waals surface area contributed by atoms with E-state index in [1.54, 1.807) is 0 Å². The van der Waals surface area contributed by atoms with E-state index in [-0.39, 0.29) is 18.2 Å². The molecule has 1 aliphatic rings. The lowest BCUT2D eigenvalue weighted by Crippen LogP contribution is -2.41. The van der Waals surface area contributed by atoms with Crippen LogP contribution in [0.5, 0.6) is 5.75 Å². The van der Waals surface area contributed by atoms with Crippen LogP contribution in [-0.2, 0) is 4.74 Å². The molecule has 0 amide bonds. The fourth-order valence-electron chi connectivity index (χ4n) is 2.03. The fraction of sp³-hybridized carbons (Fsp3) is 0.538. The van der Waals surface area contributed by atoms with E-state index < -0.39 is 0 Å². The highest BCUT2D eigenvalue weighted by Gasteiger charge is 2.35. The number of benzene rings is 1. The first-order valence-electron chi connectivity index (χ1n) is 5.82. The molecule has 0 spiro atoms. The molecule has 1 fully saturated rings. The first-order valence-corrected chi connectivity index (χ1v) is 5.82. The van der Waals surface area contributed by atoms with Crippen molar-refractivity contribution in [2.45, 2.75) is 38.5 Å². The summed E-state index contributed by atoms with van der Waals surface area (Å²) < 4.78 is 11.5. The van der Waals surface area contributed by atoms with Crippen molar-refractivity contribution >= 4 is 0 Å². The highest BCUT2D eigenvalue weighted by molar-refractivity contribution is 5.32. The van der Waals surface area contributed by atoms with Gasteiger partial charge >= 0.3 is 0 Å². The van der Waals surface area contributed by atoms with Gasteiger partial charge in [0, 0.05) is 0 Å². The fourth-order valence-corrected chi connectivity index (χ4v) is 2.03. The van der Waals surface area contributed by atoms with E-state index in [1.807, 2.05) is 31.2 Å². The van der Waals surface area contributed by atoms with Gasteiger partial charge in [0.15, 0.2) is 0 Å². The minimum Gasteiger partial charge on any atom is -0.486 e. The molecule has 1 aromatic carbocycles. The average molecular weight is 221 g/mol. The lowest BCUT2D eigenvalue weighted by atomic mass is 10.1. The van der Waals surface area contributed by atoms with Crippen LogP contribution in [0.2, 0.25) is 0 Å². The quantitative estimate of drug-likeness (QED) is 0.847. The van der Waals surface area contributed by atoms with Crippen molar-refractivity contribution in [2.75, 3.05) is 6.61 Å². The molecular weight excluding hydrogens is 202 g/mol. The largest absolute Gasteiger partial charge is 0.486 e. The highest BCUT2D eigenvalue weighted by Crippen LogP contribution is 2.23. The Bertz CT molecular complexity index is 354. The second-order valence-electron chi connectivity index (χ2n) is 4.28. The third-order valence-electron chi connectivity index (χ3n) is 3.11. The van der Waals surface area contributed by atoms with Gasteiger partial charge < -0.3 is 15.2 Å². The van der Waals surface area contributed by atoms with Gasteiger partial charge in [-0.25, -0.2) is 0 Å².